The molecule has 0 unspecified atom stereocenters. The van der Waals surface area contributed by atoms with E-state index in [2.05, 4.69) is 0 Å². The maximum atomic E-state index is 12.0. The standard InChI is InChI=1S/C19H26O11/c1-5-12(22)27-16-10(4)26-19(30-15(25)9-8-11(20)21)18(29-14(24)7-3)17(16)28-13(23)6-2/h8-10,16-19H,5-7H2,1-4H3,(H,20,21)/b9-8+/t10-,16-,17+,18+,19-/m0/s1. The monoisotopic (exact) mass is 430 g/mol. The molecule has 5 atom stereocenters. The summed E-state index contributed by atoms with van der Waals surface area (Å²) < 4.78 is 26.6. The maximum absolute atomic E-state index is 12.0. The van der Waals surface area contributed by atoms with Gasteiger partial charge in [0.2, 0.25) is 12.4 Å². The molecule has 0 aromatic heterocycles. The lowest BCUT2D eigenvalue weighted by Gasteiger charge is -2.43. The Morgan fingerprint density at radius 3 is 1.70 bits per heavy atom. The molecule has 30 heavy (non-hydrogen) atoms. The second-order valence-electron chi connectivity index (χ2n) is 6.24. The van der Waals surface area contributed by atoms with Crippen molar-refractivity contribution in [2.24, 2.45) is 0 Å². The molecule has 0 aromatic carbocycles. The van der Waals surface area contributed by atoms with E-state index in [-0.39, 0.29) is 19.3 Å². The van der Waals surface area contributed by atoms with Gasteiger partial charge in [-0.25, -0.2) is 9.59 Å². The van der Waals surface area contributed by atoms with E-state index in [1.165, 1.54) is 13.8 Å². The molecule has 1 saturated heterocycles. The highest BCUT2D eigenvalue weighted by atomic mass is 16.7. The zero-order chi connectivity index (χ0) is 22.8. The van der Waals surface area contributed by atoms with Crippen molar-refractivity contribution in [3.63, 3.8) is 0 Å². The average molecular weight is 430 g/mol. The molecule has 11 nitrogen and oxygen atoms in total. The molecule has 0 saturated carbocycles. The third kappa shape index (κ3) is 7.47. The van der Waals surface area contributed by atoms with Gasteiger partial charge in [0.1, 0.15) is 0 Å². The molecule has 1 rings (SSSR count). The van der Waals surface area contributed by atoms with Gasteiger partial charge < -0.3 is 28.8 Å². The van der Waals surface area contributed by atoms with Gasteiger partial charge in [0.15, 0.2) is 12.2 Å². The summed E-state index contributed by atoms with van der Waals surface area (Å²) in [7, 11) is 0. The van der Waals surface area contributed by atoms with Gasteiger partial charge in [-0.3, -0.25) is 14.4 Å². The molecule has 1 aliphatic heterocycles. The highest BCUT2D eigenvalue weighted by Gasteiger charge is 2.52. The maximum Gasteiger partial charge on any atom is 0.333 e. The number of carboxylic acid groups (broad SMARTS) is 1. The summed E-state index contributed by atoms with van der Waals surface area (Å²) in [6.07, 6.45) is -5.15. The Labute approximate surface area is 173 Å². The lowest BCUT2D eigenvalue weighted by molar-refractivity contribution is -0.292. The predicted molar refractivity (Wildman–Crippen MR) is 97.7 cm³/mol. The van der Waals surface area contributed by atoms with Crippen LogP contribution in [0.4, 0.5) is 0 Å². The van der Waals surface area contributed by atoms with E-state index in [1.807, 2.05) is 0 Å². The first-order chi connectivity index (χ1) is 14.1. The van der Waals surface area contributed by atoms with Crippen LogP contribution in [-0.4, -0.2) is 65.7 Å². The minimum Gasteiger partial charge on any atom is -0.478 e. The number of carboxylic acids is 1. The zero-order valence-electron chi connectivity index (χ0n) is 17.2. The van der Waals surface area contributed by atoms with Crippen molar-refractivity contribution >= 4 is 29.8 Å². The first-order valence-corrected chi connectivity index (χ1v) is 9.48. The third-order valence-corrected chi connectivity index (χ3v) is 3.99. The predicted octanol–water partition coefficient (Wildman–Crippen LogP) is 0.881. The van der Waals surface area contributed by atoms with Crippen LogP contribution in [0.5, 0.6) is 0 Å². The van der Waals surface area contributed by atoms with E-state index in [0.29, 0.717) is 12.2 Å². The fraction of sp³-hybridized carbons (Fsp3) is 0.632. The summed E-state index contributed by atoms with van der Waals surface area (Å²) in [5.41, 5.74) is 0. The molecule has 0 bridgehead atoms. The Morgan fingerprint density at radius 2 is 1.23 bits per heavy atom. The Kier molecular flexibility index (Phi) is 9.96. The van der Waals surface area contributed by atoms with Crippen LogP contribution in [0.15, 0.2) is 12.2 Å². The van der Waals surface area contributed by atoms with Crippen molar-refractivity contribution in [2.75, 3.05) is 0 Å². The van der Waals surface area contributed by atoms with Crippen molar-refractivity contribution in [1.82, 2.24) is 0 Å². The highest BCUT2D eigenvalue weighted by Crippen LogP contribution is 2.30. The molecular weight excluding hydrogens is 404 g/mol. The molecule has 1 N–H and O–H groups in total. The first kappa shape index (κ1) is 25.1. The van der Waals surface area contributed by atoms with Gasteiger partial charge in [-0.2, -0.15) is 0 Å². The number of carbonyl (C=O) groups excluding carboxylic acids is 4. The summed E-state index contributed by atoms with van der Waals surface area (Å²) in [6.45, 7) is 6.12. The minimum atomic E-state index is -1.53. The summed E-state index contributed by atoms with van der Waals surface area (Å²) in [6, 6.07) is 0. The van der Waals surface area contributed by atoms with Crippen molar-refractivity contribution in [1.29, 1.82) is 0 Å². The summed E-state index contributed by atoms with van der Waals surface area (Å²) >= 11 is 0. The van der Waals surface area contributed by atoms with Gasteiger partial charge in [-0.05, 0) is 6.92 Å². The van der Waals surface area contributed by atoms with Crippen LogP contribution in [0.2, 0.25) is 0 Å². The van der Waals surface area contributed by atoms with Crippen molar-refractivity contribution in [3.05, 3.63) is 12.2 Å². The van der Waals surface area contributed by atoms with E-state index in [9.17, 15) is 24.0 Å². The molecule has 1 fully saturated rings. The van der Waals surface area contributed by atoms with Crippen LogP contribution in [0, 0.1) is 0 Å². The number of carbonyl (C=O) groups is 5. The Morgan fingerprint density at radius 1 is 0.767 bits per heavy atom. The fourth-order valence-electron chi connectivity index (χ4n) is 2.49. The van der Waals surface area contributed by atoms with Gasteiger partial charge in [0.25, 0.3) is 0 Å². The van der Waals surface area contributed by atoms with Gasteiger partial charge >= 0.3 is 29.8 Å². The number of rotatable bonds is 9. The number of hydrogen-bond acceptors (Lipinski definition) is 10. The number of aliphatic carboxylic acids is 1. The fourth-order valence-corrected chi connectivity index (χ4v) is 2.49. The largest absolute Gasteiger partial charge is 0.478 e. The molecule has 0 radical (unpaired) electrons. The second-order valence-corrected chi connectivity index (χ2v) is 6.24. The van der Waals surface area contributed by atoms with E-state index in [0.717, 1.165) is 0 Å². The quantitative estimate of drug-likeness (QED) is 0.315. The first-order valence-electron chi connectivity index (χ1n) is 9.48. The molecule has 1 aliphatic rings. The lowest BCUT2D eigenvalue weighted by atomic mass is 9.98. The van der Waals surface area contributed by atoms with Crippen LogP contribution in [0.25, 0.3) is 0 Å². The van der Waals surface area contributed by atoms with Crippen molar-refractivity contribution in [3.8, 4) is 0 Å². The summed E-state index contributed by atoms with van der Waals surface area (Å²) in [5.74, 6) is -4.44. The van der Waals surface area contributed by atoms with Crippen molar-refractivity contribution in [2.45, 2.75) is 77.7 Å². The van der Waals surface area contributed by atoms with Crippen LogP contribution >= 0.6 is 0 Å². The summed E-state index contributed by atoms with van der Waals surface area (Å²) in [4.78, 5) is 58.3. The molecule has 0 amide bonds. The van der Waals surface area contributed by atoms with Gasteiger partial charge in [0.05, 0.1) is 6.10 Å². The number of hydrogen-bond donors (Lipinski definition) is 1. The topological polar surface area (TPSA) is 152 Å². The molecular formula is C19H26O11. The third-order valence-electron chi connectivity index (χ3n) is 3.99. The van der Waals surface area contributed by atoms with Crippen LogP contribution in [0.1, 0.15) is 47.0 Å². The lowest BCUT2D eigenvalue weighted by Crippen LogP contribution is -2.61. The molecule has 0 aliphatic carbocycles. The SMILES string of the molecule is CCC(=O)O[C@@H]1[C@@H](OC(=O)CC)[C@H](C)O[C@@H](OC(=O)/C=C/C(=O)O)[C@@H]1OC(=O)CC. The van der Waals surface area contributed by atoms with Gasteiger partial charge in [-0.15, -0.1) is 0 Å². The molecule has 0 aromatic rings. The van der Waals surface area contributed by atoms with Crippen LogP contribution in [-0.2, 0) is 47.7 Å². The summed E-state index contributed by atoms with van der Waals surface area (Å²) in [5, 5.41) is 8.62. The Bertz CT molecular complexity index is 684. The van der Waals surface area contributed by atoms with Gasteiger partial charge in [-0.1, -0.05) is 20.8 Å². The molecule has 0 spiro atoms. The number of esters is 4. The zero-order valence-corrected chi connectivity index (χ0v) is 17.2. The average Bonchev–Trinajstić information content (AvgIpc) is 2.70. The van der Waals surface area contributed by atoms with Crippen molar-refractivity contribution < 1.29 is 52.8 Å². The Hall–Kier alpha value is -2.95. The van der Waals surface area contributed by atoms with E-state index in [1.54, 1.807) is 13.8 Å². The smallest absolute Gasteiger partial charge is 0.333 e. The second kappa shape index (κ2) is 11.9. The van der Waals surface area contributed by atoms with Gasteiger partial charge in [0, 0.05) is 31.4 Å². The molecule has 11 heteroatoms. The molecule has 1 heterocycles. The van der Waals surface area contributed by atoms with E-state index >= 15 is 0 Å². The normalized spacial score (nSPS) is 25.9. The van der Waals surface area contributed by atoms with Crippen LogP contribution < -0.4 is 0 Å². The van der Waals surface area contributed by atoms with E-state index in [4.69, 9.17) is 28.8 Å². The molecule has 168 valence electrons. The highest BCUT2D eigenvalue weighted by molar-refractivity contribution is 5.90. The van der Waals surface area contributed by atoms with E-state index < -0.39 is 60.6 Å². The minimum absolute atomic E-state index is 0.0135. The number of ether oxygens (including phenoxy) is 5. The van der Waals surface area contributed by atoms with Crippen LogP contribution in [0.3, 0.4) is 0 Å². The Balaban J connectivity index is 3.25.